The molecule has 3 heterocycles. The minimum atomic E-state index is -1.11. The van der Waals surface area contributed by atoms with Crippen LogP contribution in [0.25, 0.3) is 0 Å². The van der Waals surface area contributed by atoms with Crippen LogP contribution in [-0.2, 0) is 14.4 Å². The van der Waals surface area contributed by atoms with Gasteiger partial charge in [-0.25, -0.2) is 14.5 Å². The Hall–Kier alpha value is -2.75. The van der Waals surface area contributed by atoms with Crippen LogP contribution < -0.4 is 5.32 Å². The van der Waals surface area contributed by atoms with E-state index in [2.05, 4.69) is 5.32 Å². The lowest BCUT2D eigenvalue weighted by Gasteiger charge is -2.45. The van der Waals surface area contributed by atoms with Crippen LogP contribution in [0.5, 0.6) is 5.75 Å². The maximum Gasteiger partial charge on any atom is 0.327 e. The highest BCUT2D eigenvalue weighted by Gasteiger charge is 2.67. The number of fused-ring (bicyclic) bond motifs is 1. The van der Waals surface area contributed by atoms with Crippen molar-refractivity contribution in [3.05, 3.63) is 29.8 Å². The Bertz CT molecular complexity index is 870. The summed E-state index contributed by atoms with van der Waals surface area (Å²) in [6, 6.07) is 2.18. The Balaban J connectivity index is 1.61. The molecule has 9 nitrogen and oxygen atoms in total. The summed E-state index contributed by atoms with van der Waals surface area (Å²) in [5, 5.41) is 20.8. The minimum absolute atomic E-state index is 0.0292. The molecule has 4 amide bonds. The van der Waals surface area contributed by atoms with Gasteiger partial charge in [-0.05, 0) is 31.5 Å². The van der Waals surface area contributed by atoms with Crippen LogP contribution in [0.1, 0.15) is 25.5 Å². The molecule has 3 aliphatic rings. The van der Waals surface area contributed by atoms with Gasteiger partial charge >= 0.3 is 12.0 Å². The van der Waals surface area contributed by atoms with E-state index >= 15 is 0 Å². The summed E-state index contributed by atoms with van der Waals surface area (Å²) in [5.74, 6) is -2.19. The van der Waals surface area contributed by atoms with Crippen LogP contribution >= 0.6 is 11.8 Å². The summed E-state index contributed by atoms with van der Waals surface area (Å²) in [7, 11) is 0. The lowest BCUT2D eigenvalue weighted by Crippen LogP contribution is -2.71. The second-order valence-electron chi connectivity index (χ2n) is 7.23. The molecule has 0 spiro atoms. The number of carbonyl (C=O) groups excluding carboxylic acids is 3. The average Bonchev–Trinajstić information content (AvgIpc) is 3.01. The number of carboxylic acids is 1. The Morgan fingerprint density at radius 2 is 1.78 bits per heavy atom. The summed E-state index contributed by atoms with van der Waals surface area (Å²) in [6.07, 6.45) is 0. The molecule has 4 rings (SSSR count). The first-order chi connectivity index (χ1) is 12.6. The summed E-state index contributed by atoms with van der Waals surface area (Å²) in [6.45, 7) is 3.45. The number of nitrogens with one attached hydrogen (secondary N) is 1. The van der Waals surface area contributed by atoms with Crippen molar-refractivity contribution in [1.29, 1.82) is 0 Å². The number of thioether (sulfide) groups is 1. The summed E-state index contributed by atoms with van der Waals surface area (Å²) < 4.78 is -0.740. The zero-order valence-corrected chi connectivity index (χ0v) is 15.3. The molecule has 3 aliphatic heterocycles. The number of imide groups is 1. The molecule has 1 unspecified atom stereocenters. The van der Waals surface area contributed by atoms with Gasteiger partial charge in [-0.2, -0.15) is 0 Å². The molecule has 1 aromatic rings. The second-order valence-corrected chi connectivity index (χ2v) is 9.00. The summed E-state index contributed by atoms with van der Waals surface area (Å²) in [5.41, 5.74) is 0.486. The third-order valence-corrected chi connectivity index (χ3v) is 6.68. The van der Waals surface area contributed by atoms with Crippen LogP contribution in [0, 0.1) is 0 Å². The topological polar surface area (TPSA) is 127 Å². The van der Waals surface area contributed by atoms with Gasteiger partial charge in [0.1, 0.15) is 29.2 Å². The third kappa shape index (κ3) is 2.39. The van der Waals surface area contributed by atoms with Crippen LogP contribution in [0.3, 0.4) is 0 Å². The maximum absolute atomic E-state index is 12.8. The number of carboxylic acid groups (broad SMARTS) is 1. The highest BCUT2D eigenvalue weighted by molar-refractivity contribution is 8.01. The number of hydrogen-bond donors (Lipinski definition) is 3. The molecule has 27 heavy (non-hydrogen) atoms. The van der Waals surface area contributed by atoms with Crippen molar-refractivity contribution >= 4 is 35.6 Å². The number of aromatic hydroxyl groups is 1. The Kier molecular flexibility index (Phi) is 3.68. The van der Waals surface area contributed by atoms with Crippen molar-refractivity contribution in [3.63, 3.8) is 0 Å². The summed E-state index contributed by atoms with van der Waals surface area (Å²) >= 11 is 1.27. The number of carbonyl (C=O) groups is 4. The number of benzene rings is 1. The van der Waals surface area contributed by atoms with Crippen molar-refractivity contribution in [2.24, 2.45) is 0 Å². The number of aliphatic carboxylic acids is 1. The molecule has 3 saturated heterocycles. The molecule has 3 N–H and O–H groups in total. The molecule has 4 atom stereocenters. The minimum Gasteiger partial charge on any atom is -0.508 e. The normalized spacial score (nSPS) is 31.6. The summed E-state index contributed by atoms with van der Waals surface area (Å²) in [4.78, 5) is 51.6. The van der Waals surface area contributed by atoms with Crippen LogP contribution in [0.4, 0.5) is 4.79 Å². The van der Waals surface area contributed by atoms with E-state index in [0.29, 0.717) is 5.56 Å². The number of rotatable bonds is 3. The van der Waals surface area contributed by atoms with E-state index in [1.807, 2.05) is 0 Å². The first-order valence-electron chi connectivity index (χ1n) is 8.29. The van der Waals surface area contributed by atoms with E-state index in [1.54, 1.807) is 13.8 Å². The van der Waals surface area contributed by atoms with Crippen molar-refractivity contribution in [1.82, 2.24) is 15.1 Å². The zero-order chi connectivity index (χ0) is 19.7. The number of amides is 4. The van der Waals surface area contributed by atoms with Crippen molar-refractivity contribution in [2.75, 3.05) is 0 Å². The van der Waals surface area contributed by atoms with E-state index in [4.69, 9.17) is 0 Å². The zero-order valence-electron chi connectivity index (χ0n) is 14.4. The Morgan fingerprint density at radius 3 is 2.37 bits per heavy atom. The maximum atomic E-state index is 12.8. The van der Waals surface area contributed by atoms with Gasteiger partial charge in [0.15, 0.2) is 0 Å². The molecule has 0 radical (unpaired) electrons. The molecule has 142 valence electrons. The fourth-order valence-corrected chi connectivity index (χ4v) is 5.55. The predicted octanol–water partition coefficient (Wildman–Crippen LogP) is 0.501. The second kappa shape index (κ2) is 5.62. The first-order valence-corrected chi connectivity index (χ1v) is 9.17. The van der Waals surface area contributed by atoms with Gasteiger partial charge in [0.05, 0.1) is 0 Å². The smallest absolute Gasteiger partial charge is 0.327 e. The highest BCUT2D eigenvalue weighted by Crippen LogP contribution is 2.52. The number of phenols is 1. The number of phenolic OH excluding ortho intramolecular Hbond substituents is 1. The van der Waals surface area contributed by atoms with Gasteiger partial charge in [0.2, 0.25) is 0 Å². The molecule has 0 aliphatic carbocycles. The van der Waals surface area contributed by atoms with Crippen LogP contribution in [-0.4, -0.2) is 66.0 Å². The quantitative estimate of drug-likeness (QED) is 0.506. The number of β-lactam (4-membered cyclic amide) rings is 1. The van der Waals surface area contributed by atoms with Crippen LogP contribution in [0.2, 0.25) is 0 Å². The fraction of sp³-hybridized carbons (Fsp3) is 0.412. The SMILES string of the molecule is CC1(C)S[C@@H]2[C@H](N3C(=O)NC(c4ccc(O)cc4)C3=O)C(=O)N2[C@H]1C(=O)O. The molecule has 0 saturated carbocycles. The van der Waals surface area contributed by atoms with Gasteiger partial charge in [-0.3, -0.25) is 9.59 Å². The average molecular weight is 391 g/mol. The third-order valence-electron chi connectivity index (χ3n) is 5.12. The monoisotopic (exact) mass is 391 g/mol. The van der Waals surface area contributed by atoms with Gasteiger partial charge in [0.25, 0.3) is 11.8 Å². The van der Waals surface area contributed by atoms with Crippen molar-refractivity contribution < 1.29 is 29.4 Å². The van der Waals surface area contributed by atoms with Gasteiger partial charge in [0, 0.05) is 4.75 Å². The van der Waals surface area contributed by atoms with Crippen molar-refractivity contribution in [2.45, 2.75) is 42.1 Å². The molecule has 0 aromatic heterocycles. The highest BCUT2D eigenvalue weighted by atomic mass is 32.2. The van der Waals surface area contributed by atoms with E-state index in [-0.39, 0.29) is 5.75 Å². The predicted molar refractivity (Wildman–Crippen MR) is 93.7 cm³/mol. The molecule has 3 fully saturated rings. The van der Waals surface area contributed by atoms with E-state index in [1.165, 1.54) is 40.9 Å². The standard InChI is InChI=1S/C17H17N3O6S/c1-17(2)11(15(24)25)20-13(23)10(14(20)27-17)19-12(22)9(18-16(19)26)7-3-5-8(21)6-4-7/h3-6,9-11,14,21H,1-2H3,(H,18,26)(H,24,25)/t9?,10-,11+,14-/m1/s1. The molecule has 0 bridgehead atoms. The van der Waals surface area contributed by atoms with Crippen molar-refractivity contribution in [3.8, 4) is 5.75 Å². The molecular weight excluding hydrogens is 374 g/mol. The van der Waals surface area contributed by atoms with E-state index in [9.17, 15) is 29.4 Å². The Labute approximate surface area is 158 Å². The first kappa shape index (κ1) is 17.7. The lowest BCUT2D eigenvalue weighted by atomic mass is 9.95. The Morgan fingerprint density at radius 1 is 1.15 bits per heavy atom. The lowest BCUT2D eigenvalue weighted by molar-refractivity contribution is -0.165. The van der Waals surface area contributed by atoms with Crippen LogP contribution in [0.15, 0.2) is 24.3 Å². The fourth-order valence-electron chi connectivity index (χ4n) is 3.88. The number of hydrogen-bond acceptors (Lipinski definition) is 6. The van der Waals surface area contributed by atoms with E-state index < -0.39 is 52.1 Å². The number of urea groups is 1. The number of nitrogens with zero attached hydrogens (tertiary/aromatic N) is 2. The molecule has 1 aromatic carbocycles. The largest absolute Gasteiger partial charge is 0.508 e. The van der Waals surface area contributed by atoms with E-state index in [0.717, 1.165) is 4.90 Å². The van der Waals surface area contributed by atoms with Gasteiger partial charge in [-0.1, -0.05) is 12.1 Å². The van der Waals surface area contributed by atoms with Gasteiger partial charge in [-0.15, -0.1) is 11.8 Å². The molecular formula is C17H17N3O6S. The van der Waals surface area contributed by atoms with Gasteiger partial charge < -0.3 is 20.4 Å². The molecule has 10 heteroatoms.